The maximum atomic E-state index is 4.20. The molecule has 0 atom stereocenters. The highest BCUT2D eigenvalue weighted by Gasteiger charge is 1.97. The van der Waals surface area contributed by atoms with Crippen LogP contribution in [0.5, 0.6) is 0 Å². The van der Waals surface area contributed by atoms with Gasteiger partial charge in [-0.3, -0.25) is 4.99 Å². The maximum absolute atomic E-state index is 4.20. The molecule has 1 aromatic rings. The average Bonchev–Trinajstić information content (AvgIpc) is 2.60. The highest BCUT2D eigenvalue weighted by molar-refractivity contribution is 7.99. The second-order valence-electron chi connectivity index (χ2n) is 4.07. The molecule has 0 amide bonds. The Morgan fingerprint density at radius 3 is 2.88 bits per heavy atom. The molecule has 0 radical (unpaired) electrons. The Hall–Kier alpha value is -1.28. The van der Waals surface area contributed by atoms with E-state index in [4.69, 9.17) is 0 Å². The molecule has 88 valence electrons. The van der Waals surface area contributed by atoms with Crippen molar-refractivity contribution in [2.45, 2.75) is 18.2 Å². The summed E-state index contributed by atoms with van der Waals surface area (Å²) in [7, 11) is 0. The maximum Gasteiger partial charge on any atom is 0.0573 e. The van der Waals surface area contributed by atoms with Crippen LogP contribution >= 0.6 is 11.8 Å². The Morgan fingerprint density at radius 2 is 2.06 bits per heavy atom. The lowest BCUT2D eigenvalue weighted by molar-refractivity contribution is 1.16. The molecule has 0 unspecified atom stereocenters. The van der Waals surface area contributed by atoms with Crippen molar-refractivity contribution in [3.63, 3.8) is 0 Å². The molecule has 0 fully saturated rings. The van der Waals surface area contributed by atoms with Crippen LogP contribution in [0.25, 0.3) is 0 Å². The molecule has 0 bridgehead atoms. The third-order valence-corrected chi connectivity index (χ3v) is 3.63. The van der Waals surface area contributed by atoms with Crippen LogP contribution in [-0.4, -0.2) is 18.5 Å². The van der Waals surface area contributed by atoms with Gasteiger partial charge in [-0.25, -0.2) is 0 Å². The van der Waals surface area contributed by atoms with E-state index in [0.29, 0.717) is 0 Å². The number of benzene rings is 1. The molecule has 0 saturated heterocycles. The molecule has 1 nitrogen and oxygen atoms in total. The van der Waals surface area contributed by atoms with Crippen molar-refractivity contribution < 1.29 is 0 Å². The summed E-state index contributed by atoms with van der Waals surface area (Å²) < 4.78 is 0. The number of aryl methyl sites for hydroxylation is 1. The zero-order chi connectivity index (χ0) is 11.9. The SMILES string of the molecule is Cc1ccc(SCCC2=CC=NCC=C2)cc1. The Morgan fingerprint density at radius 1 is 1.24 bits per heavy atom. The second-order valence-corrected chi connectivity index (χ2v) is 5.24. The van der Waals surface area contributed by atoms with E-state index in [2.05, 4.69) is 54.4 Å². The van der Waals surface area contributed by atoms with Gasteiger partial charge in [0.25, 0.3) is 0 Å². The molecule has 0 aliphatic carbocycles. The number of hydrogen-bond donors (Lipinski definition) is 0. The quantitative estimate of drug-likeness (QED) is 0.727. The number of thioether (sulfide) groups is 1. The number of allylic oxidation sites excluding steroid dienone is 3. The third-order valence-electron chi connectivity index (χ3n) is 2.62. The van der Waals surface area contributed by atoms with Gasteiger partial charge in [0.15, 0.2) is 0 Å². The van der Waals surface area contributed by atoms with Gasteiger partial charge in [0.2, 0.25) is 0 Å². The first kappa shape index (κ1) is 12.2. The normalized spacial score (nSPS) is 14.5. The summed E-state index contributed by atoms with van der Waals surface area (Å²) in [4.78, 5) is 5.55. The van der Waals surface area contributed by atoms with Gasteiger partial charge in [0.1, 0.15) is 0 Å². The van der Waals surface area contributed by atoms with Gasteiger partial charge in [-0.05, 0) is 37.1 Å². The van der Waals surface area contributed by atoms with Gasteiger partial charge >= 0.3 is 0 Å². The van der Waals surface area contributed by atoms with Crippen LogP contribution in [-0.2, 0) is 0 Å². The van der Waals surface area contributed by atoms with Gasteiger partial charge in [0.05, 0.1) is 6.54 Å². The monoisotopic (exact) mass is 243 g/mol. The first-order valence-corrected chi connectivity index (χ1v) is 6.88. The van der Waals surface area contributed by atoms with Crippen LogP contribution in [0.2, 0.25) is 0 Å². The fourth-order valence-corrected chi connectivity index (χ4v) is 2.52. The topological polar surface area (TPSA) is 12.4 Å². The lowest BCUT2D eigenvalue weighted by Crippen LogP contribution is -1.84. The van der Waals surface area contributed by atoms with Crippen LogP contribution < -0.4 is 0 Å². The Kier molecular flexibility index (Phi) is 4.63. The molecule has 0 saturated carbocycles. The van der Waals surface area contributed by atoms with E-state index in [-0.39, 0.29) is 0 Å². The van der Waals surface area contributed by atoms with Crippen molar-refractivity contribution in [2.75, 3.05) is 12.3 Å². The van der Waals surface area contributed by atoms with Crippen molar-refractivity contribution in [3.8, 4) is 0 Å². The van der Waals surface area contributed by atoms with Crippen molar-refractivity contribution in [3.05, 3.63) is 53.6 Å². The molecular weight excluding hydrogens is 226 g/mol. The van der Waals surface area contributed by atoms with Gasteiger partial charge < -0.3 is 0 Å². The minimum atomic E-state index is 0.811. The highest BCUT2D eigenvalue weighted by atomic mass is 32.2. The van der Waals surface area contributed by atoms with Crippen LogP contribution in [0, 0.1) is 6.92 Å². The summed E-state index contributed by atoms with van der Waals surface area (Å²) in [6.07, 6.45) is 9.42. The lowest BCUT2D eigenvalue weighted by Gasteiger charge is -2.02. The predicted molar refractivity (Wildman–Crippen MR) is 77.1 cm³/mol. The molecular formula is C15H17NS. The van der Waals surface area contributed by atoms with Gasteiger partial charge in [0, 0.05) is 16.9 Å². The van der Waals surface area contributed by atoms with E-state index in [1.54, 1.807) is 0 Å². The van der Waals surface area contributed by atoms with Gasteiger partial charge in [-0.15, -0.1) is 11.8 Å². The third kappa shape index (κ3) is 4.23. The van der Waals surface area contributed by atoms with E-state index in [9.17, 15) is 0 Å². The fraction of sp³-hybridized carbons (Fsp3) is 0.267. The van der Waals surface area contributed by atoms with E-state index in [0.717, 1.165) is 18.7 Å². The number of hydrogen-bond acceptors (Lipinski definition) is 2. The van der Waals surface area contributed by atoms with Crippen LogP contribution in [0.15, 0.2) is 58.0 Å². The molecule has 1 aliphatic rings. The number of aliphatic imine (C=N–C) groups is 1. The summed E-state index contributed by atoms with van der Waals surface area (Å²) >= 11 is 1.91. The molecule has 0 aromatic heterocycles. The van der Waals surface area contributed by atoms with Crippen LogP contribution in [0.3, 0.4) is 0 Å². The minimum absolute atomic E-state index is 0.811. The molecule has 17 heavy (non-hydrogen) atoms. The van der Waals surface area contributed by atoms with Crippen molar-refractivity contribution in [1.82, 2.24) is 0 Å². The van der Waals surface area contributed by atoms with E-state index in [1.165, 1.54) is 16.0 Å². The summed E-state index contributed by atoms with van der Waals surface area (Å²) in [5.74, 6) is 1.12. The van der Waals surface area contributed by atoms with E-state index >= 15 is 0 Å². The Balaban J connectivity index is 1.81. The molecule has 1 heterocycles. The molecule has 1 aliphatic heterocycles. The molecule has 1 aromatic carbocycles. The Bertz CT molecular complexity index is 440. The molecule has 0 N–H and O–H groups in total. The average molecular weight is 243 g/mol. The largest absolute Gasteiger partial charge is 0.289 e. The summed E-state index contributed by atoms with van der Waals surface area (Å²) in [5, 5.41) is 0. The highest BCUT2D eigenvalue weighted by Crippen LogP contribution is 2.21. The first-order valence-electron chi connectivity index (χ1n) is 5.89. The second kappa shape index (κ2) is 6.45. The van der Waals surface area contributed by atoms with Crippen LogP contribution in [0.4, 0.5) is 0 Å². The fourth-order valence-electron chi connectivity index (χ4n) is 1.62. The number of nitrogens with zero attached hydrogens (tertiary/aromatic N) is 1. The van der Waals surface area contributed by atoms with Gasteiger partial charge in [-0.2, -0.15) is 0 Å². The zero-order valence-corrected chi connectivity index (χ0v) is 10.9. The minimum Gasteiger partial charge on any atom is -0.289 e. The standard InChI is InChI=1S/C15H17NS/c1-13-4-6-15(7-5-13)17-12-9-14-3-2-10-16-11-8-14/h2-8,11H,9-10,12H2,1H3. The molecule has 0 spiro atoms. The molecule has 2 heteroatoms. The summed E-state index contributed by atoms with van der Waals surface area (Å²) in [5.41, 5.74) is 2.69. The lowest BCUT2D eigenvalue weighted by atomic mass is 10.2. The van der Waals surface area contributed by atoms with Crippen molar-refractivity contribution >= 4 is 18.0 Å². The van der Waals surface area contributed by atoms with E-state index in [1.807, 2.05) is 18.0 Å². The summed E-state index contributed by atoms with van der Waals surface area (Å²) in [6.45, 7) is 2.93. The zero-order valence-electron chi connectivity index (χ0n) is 10.1. The van der Waals surface area contributed by atoms with Gasteiger partial charge in [-0.1, -0.05) is 29.8 Å². The van der Waals surface area contributed by atoms with Crippen molar-refractivity contribution in [2.24, 2.45) is 4.99 Å². The first-order chi connectivity index (χ1) is 8.34. The van der Waals surface area contributed by atoms with Crippen molar-refractivity contribution in [1.29, 1.82) is 0 Å². The Labute approximate surface area is 107 Å². The number of rotatable bonds is 4. The summed E-state index contributed by atoms with van der Waals surface area (Å²) in [6, 6.07) is 8.72. The predicted octanol–water partition coefficient (Wildman–Crippen LogP) is 4.04. The molecule has 2 rings (SSSR count). The smallest absolute Gasteiger partial charge is 0.0573 e. The van der Waals surface area contributed by atoms with Crippen LogP contribution in [0.1, 0.15) is 12.0 Å². The van der Waals surface area contributed by atoms with E-state index < -0.39 is 0 Å².